The number of para-hydroxylation sites is 2. The van der Waals surface area contributed by atoms with E-state index in [0.717, 1.165) is 0 Å². The number of benzene rings is 2. The molecule has 1 amide bonds. The van der Waals surface area contributed by atoms with E-state index in [-0.39, 0.29) is 17.1 Å². The standard InChI is InChI=1S/C20H17NO5/c1-21-16(12-8-6-10-14(24-2)18(12)25-3)15-17(22)11-7-4-5-9-13(11)26-19(15)20(21)23/h4-10,16H,1-3H3. The van der Waals surface area contributed by atoms with E-state index in [1.165, 1.54) is 12.0 Å². The van der Waals surface area contributed by atoms with Gasteiger partial charge in [0.05, 0.1) is 31.2 Å². The van der Waals surface area contributed by atoms with Gasteiger partial charge >= 0.3 is 0 Å². The van der Waals surface area contributed by atoms with Crippen LogP contribution in [-0.2, 0) is 0 Å². The fraction of sp³-hybridized carbons (Fsp3) is 0.200. The summed E-state index contributed by atoms with van der Waals surface area (Å²) in [7, 11) is 4.72. The van der Waals surface area contributed by atoms with E-state index in [1.807, 2.05) is 6.07 Å². The average molecular weight is 351 g/mol. The molecule has 1 aromatic heterocycles. The Kier molecular flexibility index (Phi) is 3.68. The molecular formula is C20H17NO5. The Balaban J connectivity index is 2.04. The van der Waals surface area contributed by atoms with Gasteiger partial charge in [-0.3, -0.25) is 9.59 Å². The number of hydrogen-bond donors (Lipinski definition) is 0. The molecule has 0 aliphatic carbocycles. The molecule has 6 nitrogen and oxygen atoms in total. The van der Waals surface area contributed by atoms with Gasteiger partial charge in [0.15, 0.2) is 16.9 Å². The highest BCUT2D eigenvalue weighted by atomic mass is 16.5. The van der Waals surface area contributed by atoms with Gasteiger partial charge in [-0.1, -0.05) is 24.3 Å². The number of carbonyl (C=O) groups excluding carboxylic acids is 1. The van der Waals surface area contributed by atoms with Crippen molar-refractivity contribution in [1.82, 2.24) is 4.90 Å². The zero-order valence-corrected chi connectivity index (χ0v) is 14.6. The normalized spacial score (nSPS) is 16.0. The van der Waals surface area contributed by atoms with Gasteiger partial charge in [-0.25, -0.2) is 0 Å². The van der Waals surface area contributed by atoms with Gasteiger partial charge in [-0.2, -0.15) is 0 Å². The van der Waals surface area contributed by atoms with Crippen molar-refractivity contribution in [2.75, 3.05) is 21.3 Å². The molecule has 6 heteroatoms. The Bertz CT molecular complexity index is 1090. The Morgan fingerprint density at radius 3 is 2.50 bits per heavy atom. The number of rotatable bonds is 3. The summed E-state index contributed by atoms with van der Waals surface area (Å²) in [6.45, 7) is 0. The van der Waals surface area contributed by atoms with Gasteiger partial charge in [0.1, 0.15) is 5.58 Å². The number of fused-ring (bicyclic) bond motifs is 2. The molecule has 1 aliphatic rings. The Labute approximate surface area is 149 Å². The van der Waals surface area contributed by atoms with Gasteiger partial charge in [0, 0.05) is 12.6 Å². The van der Waals surface area contributed by atoms with E-state index < -0.39 is 6.04 Å². The average Bonchev–Trinajstić information content (AvgIpc) is 2.92. The van der Waals surface area contributed by atoms with Crippen LogP contribution in [0.3, 0.4) is 0 Å². The molecule has 0 fully saturated rings. The van der Waals surface area contributed by atoms with E-state index in [4.69, 9.17) is 13.9 Å². The van der Waals surface area contributed by atoms with Crippen molar-refractivity contribution < 1.29 is 18.7 Å². The van der Waals surface area contributed by atoms with Crippen molar-refractivity contribution in [3.63, 3.8) is 0 Å². The largest absolute Gasteiger partial charge is 0.493 e. The lowest BCUT2D eigenvalue weighted by Gasteiger charge is -2.23. The first-order valence-corrected chi connectivity index (χ1v) is 8.12. The number of nitrogens with zero attached hydrogens (tertiary/aromatic N) is 1. The fourth-order valence-corrected chi connectivity index (χ4v) is 3.53. The number of carbonyl (C=O) groups is 1. The Hall–Kier alpha value is -3.28. The first kappa shape index (κ1) is 16.2. The minimum Gasteiger partial charge on any atom is -0.493 e. The topological polar surface area (TPSA) is 69.0 Å². The summed E-state index contributed by atoms with van der Waals surface area (Å²) < 4.78 is 16.7. The highest BCUT2D eigenvalue weighted by Crippen LogP contribution is 2.43. The molecule has 26 heavy (non-hydrogen) atoms. The summed E-state index contributed by atoms with van der Waals surface area (Å²) in [6, 6.07) is 11.7. The van der Waals surface area contributed by atoms with Crippen LogP contribution in [0.2, 0.25) is 0 Å². The molecule has 2 heterocycles. The van der Waals surface area contributed by atoms with Crippen molar-refractivity contribution in [1.29, 1.82) is 0 Å². The van der Waals surface area contributed by atoms with Crippen molar-refractivity contribution in [2.24, 2.45) is 0 Å². The summed E-state index contributed by atoms with van der Waals surface area (Å²) in [5.74, 6) is 0.758. The van der Waals surface area contributed by atoms with E-state index in [9.17, 15) is 9.59 Å². The third-order valence-corrected chi connectivity index (χ3v) is 4.74. The first-order valence-electron chi connectivity index (χ1n) is 8.12. The van der Waals surface area contributed by atoms with Crippen molar-refractivity contribution >= 4 is 16.9 Å². The summed E-state index contributed by atoms with van der Waals surface area (Å²) in [6.07, 6.45) is 0. The number of methoxy groups -OCH3 is 2. The second kappa shape index (κ2) is 5.91. The molecule has 0 saturated carbocycles. The molecule has 0 bridgehead atoms. The van der Waals surface area contributed by atoms with Crippen LogP contribution in [-0.4, -0.2) is 32.1 Å². The minimum atomic E-state index is -0.608. The molecule has 0 N–H and O–H groups in total. The van der Waals surface area contributed by atoms with Crippen LogP contribution in [0.1, 0.15) is 27.7 Å². The molecule has 1 unspecified atom stereocenters. The maximum absolute atomic E-state index is 13.1. The van der Waals surface area contributed by atoms with Crippen LogP contribution in [0.25, 0.3) is 11.0 Å². The Morgan fingerprint density at radius 2 is 1.77 bits per heavy atom. The van der Waals surface area contributed by atoms with Crippen molar-refractivity contribution in [2.45, 2.75) is 6.04 Å². The minimum absolute atomic E-state index is 0.0751. The SMILES string of the molecule is COc1cccc(C2c3c(oc4ccccc4c3=O)C(=O)N2C)c1OC. The number of hydrogen-bond acceptors (Lipinski definition) is 5. The molecule has 2 aromatic carbocycles. The van der Waals surface area contributed by atoms with E-state index in [0.29, 0.717) is 33.6 Å². The number of amides is 1. The van der Waals surface area contributed by atoms with Gasteiger partial charge in [0.2, 0.25) is 5.76 Å². The predicted molar refractivity (Wildman–Crippen MR) is 96.0 cm³/mol. The van der Waals surface area contributed by atoms with Crippen molar-refractivity contribution in [3.05, 3.63) is 69.6 Å². The maximum atomic E-state index is 13.1. The molecule has 4 rings (SSSR count). The van der Waals surface area contributed by atoms with Gasteiger partial charge in [-0.15, -0.1) is 0 Å². The molecule has 1 aliphatic heterocycles. The van der Waals surface area contributed by atoms with Crippen molar-refractivity contribution in [3.8, 4) is 11.5 Å². The molecule has 132 valence electrons. The maximum Gasteiger partial charge on any atom is 0.290 e. The lowest BCUT2D eigenvalue weighted by atomic mass is 9.97. The smallest absolute Gasteiger partial charge is 0.290 e. The molecule has 0 spiro atoms. The van der Waals surface area contributed by atoms with E-state index in [2.05, 4.69) is 0 Å². The summed E-state index contributed by atoms with van der Waals surface area (Å²) in [5, 5.41) is 0.446. The molecule has 0 saturated heterocycles. The Morgan fingerprint density at radius 1 is 1.00 bits per heavy atom. The monoisotopic (exact) mass is 351 g/mol. The van der Waals surface area contributed by atoms with Crippen LogP contribution in [0, 0.1) is 0 Å². The van der Waals surface area contributed by atoms with Crippen LogP contribution in [0.5, 0.6) is 11.5 Å². The van der Waals surface area contributed by atoms with E-state index in [1.54, 1.807) is 50.6 Å². The highest BCUT2D eigenvalue weighted by Gasteiger charge is 2.42. The zero-order chi connectivity index (χ0) is 18.4. The summed E-state index contributed by atoms with van der Waals surface area (Å²) >= 11 is 0. The van der Waals surface area contributed by atoms with Gasteiger partial charge < -0.3 is 18.8 Å². The first-order chi connectivity index (χ1) is 12.6. The fourth-order valence-electron chi connectivity index (χ4n) is 3.53. The molecular weight excluding hydrogens is 334 g/mol. The van der Waals surface area contributed by atoms with E-state index >= 15 is 0 Å². The molecule has 0 radical (unpaired) electrons. The summed E-state index contributed by atoms with van der Waals surface area (Å²) in [4.78, 5) is 27.4. The zero-order valence-electron chi connectivity index (χ0n) is 14.6. The van der Waals surface area contributed by atoms with Crippen LogP contribution in [0.15, 0.2) is 51.7 Å². The lowest BCUT2D eigenvalue weighted by molar-refractivity contribution is 0.0770. The van der Waals surface area contributed by atoms with Crippen LogP contribution in [0.4, 0.5) is 0 Å². The van der Waals surface area contributed by atoms with Gasteiger partial charge in [-0.05, 0) is 18.2 Å². The quantitative estimate of drug-likeness (QED) is 0.726. The van der Waals surface area contributed by atoms with Crippen LogP contribution < -0.4 is 14.9 Å². The highest BCUT2D eigenvalue weighted by molar-refractivity contribution is 5.99. The predicted octanol–water partition coefficient (Wildman–Crippen LogP) is 2.99. The third kappa shape index (κ3) is 2.12. The second-order valence-electron chi connectivity index (χ2n) is 6.07. The van der Waals surface area contributed by atoms with Gasteiger partial charge in [0.25, 0.3) is 5.91 Å². The van der Waals surface area contributed by atoms with Crippen LogP contribution >= 0.6 is 0 Å². The second-order valence-corrected chi connectivity index (χ2v) is 6.07. The number of ether oxygens (including phenoxy) is 2. The summed E-state index contributed by atoms with van der Waals surface area (Å²) in [5.41, 5.74) is 1.18. The molecule has 1 atom stereocenters. The lowest BCUT2D eigenvalue weighted by Crippen LogP contribution is -2.25. The third-order valence-electron chi connectivity index (χ3n) is 4.74. The molecule has 3 aromatic rings.